The van der Waals surface area contributed by atoms with E-state index in [0.29, 0.717) is 5.56 Å². The summed E-state index contributed by atoms with van der Waals surface area (Å²) in [6, 6.07) is 6.43. The van der Waals surface area contributed by atoms with E-state index in [1.54, 1.807) is 24.3 Å². The van der Waals surface area contributed by atoms with Gasteiger partial charge < -0.3 is 20.6 Å². The Kier molecular flexibility index (Phi) is 4.95. The van der Waals surface area contributed by atoms with E-state index in [4.69, 9.17) is 15.3 Å². The zero-order chi connectivity index (χ0) is 12.9. The summed E-state index contributed by atoms with van der Waals surface area (Å²) in [4.78, 5) is 12.5. The zero-order valence-electron chi connectivity index (χ0n) is 9.13. The van der Waals surface area contributed by atoms with E-state index in [1.165, 1.54) is 0 Å². The first-order valence-corrected chi connectivity index (χ1v) is 5.46. The highest BCUT2D eigenvalue weighted by atomic mass is 32.1. The second-order valence-corrected chi connectivity index (χ2v) is 4.27. The average Bonchev–Trinajstić information content (AvgIpc) is 2.37. The minimum absolute atomic E-state index is 0.363. The van der Waals surface area contributed by atoms with Gasteiger partial charge in [-0.3, -0.25) is 4.79 Å². The fraction of sp³-hybridized carbons (Fsp3) is 0.364. The lowest BCUT2D eigenvalue weighted by molar-refractivity contribution is 0.0375. The third-order valence-corrected chi connectivity index (χ3v) is 2.71. The third-order valence-electron chi connectivity index (χ3n) is 2.42. The van der Waals surface area contributed by atoms with Crippen LogP contribution in [0, 0.1) is 0 Å². The molecular weight excluding hydrogens is 242 g/mol. The maximum Gasteiger partial charge on any atom is 0.251 e. The van der Waals surface area contributed by atoms with Crippen molar-refractivity contribution in [3.8, 4) is 0 Å². The van der Waals surface area contributed by atoms with Gasteiger partial charge in [0, 0.05) is 10.5 Å². The number of carbonyl (C=O) groups excluding carboxylic acids is 1. The summed E-state index contributed by atoms with van der Waals surface area (Å²) in [5, 5.41) is 29.6. The van der Waals surface area contributed by atoms with Crippen LogP contribution in [-0.4, -0.2) is 46.6 Å². The van der Waals surface area contributed by atoms with Crippen molar-refractivity contribution in [1.82, 2.24) is 5.32 Å². The smallest absolute Gasteiger partial charge is 0.251 e. The van der Waals surface area contributed by atoms with Gasteiger partial charge in [0.1, 0.15) is 5.54 Å². The summed E-state index contributed by atoms with van der Waals surface area (Å²) < 4.78 is 0. The van der Waals surface area contributed by atoms with Crippen molar-refractivity contribution in [2.45, 2.75) is 10.4 Å². The standard InChI is InChI=1S/C11H15NO4S/c13-5-11(6-14,7-15)12-10(16)8-1-3-9(17)4-2-8/h1-4,13-15,17H,5-7H2,(H,12,16). The van der Waals surface area contributed by atoms with Gasteiger partial charge in [-0.05, 0) is 24.3 Å². The number of hydrogen-bond donors (Lipinski definition) is 5. The molecule has 1 rings (SSSR count). The molecule has 94 valence electrons. The molecule has 1 aromatic carbocycles. The molecule has 0 radical (unpaired) electrons. The van der Waals surface area contributed by atoms with E-state index in [1.807, 2.05) is 0 Å². The van der Waals surface area contributed by atoms with Crippen molar-refractivity contribution in [2.24, 2.45) is 0 Å². The fourth-order valence-electron chi connectivity index (χ4n) is 1.19. The zero-order valence-corrected chi connectivity index (χ0v) is 10.0. The van der Waals surface area contributed by atoms with E-state index in [-0.39, 0.29) is 0 Å². The van der Waals surface area contributed by atoms with Crippen LogP contribution in [0.4, 0.5) is 0 Å². The van der Waals surface area contributed by atoms with Crippen molar-refractivity contribution in [3.63, 3.8) is 0 Å². The van der Waals surface area contributed by atoms with Crippen LogP contribution in [0.15, 0.2) is 29.2 Å². The minimum atomic E-state index is -1.41. The summed E-state index contributed by atoms with van der Waals surface area (Å²) in [6.45, 7) is -1.64. The second kappa shape index (κ2) is 6.02. The molecule has 0 heterocycles. The number of aliphatic hydroxyl groups excluding tert-OH is 3. The van der Waals surface area contributed by atoms with Gasteiger partial charge in [0.25, 0.3) is 5.91 Å². The molecule has 5 nitrogen and oxygen atoms in total. The summed E-state index contributed by atoms with van der Waals surface area (Å²) in [5.41, 5.74) is -1.04. The number of rotatable bonds is 5. The summed E-state index contributed by atoms with van der Waals surface area (Å²) in [6.07, 6.45) is 0. The molecule has 0 fully saturated rings. The highest BCUT2D eigenvalue weighted by Gasteiger charge is 2.30. The molecule has 6 heteroatoms. The number of aliphatic hydroxyl groups is 3. The first-order chi connectivity index (χ1) is 8.06. The molecule has 0 unspecified atom stereocenters. The number of benzene rings is 1. The maximum absolute atomic E-state index is 11.8. The molecule has 0 bridgehead atoms. The van der Waals surface area contributed by atoms with Gasteiger partial charge in [-0.2, -0.15) is 0 Å². The van der Waals surface area contributed by atoms with E-state index in [0.717, 1.165) is 4.90 Å². The first-order valence-electron chi connectivity index (χ1n) is 5.01. The Labute approximate surface area is 105 Å². The average molecular weight is 257 g/mol. The predicted octanol–water partition coefficient (Wildman–Crippen LogP) is -0.579. The molecule has 0 atom stereocenters. The van der Waals surface area contributed by atoms with Crippen molar-refractivity contribution in [3.05, 3.63) is 29.8 Å². The summed E-state index contributed by atoms with van der Waals surface area (Å²) in [5.74, 6) is -0.476. The molecule has 0 spiro atoms. The van der Waals surface area contributed by atoms with Gasteiger partial charge in [0.05, 0.1) is 19.8 Å². The molecule has 0 saturated heterocycles. The third kappa shape index (κ3) is 3.44. The molecule has 0 saturated carbocycles. The molecular formula is C11H15NO4S. The van der Waals surface area contributed by atoms with Crippen molar-refractivity contribution < 1.29 is 20.1 Å². The number of hydrogen-bond acceptors (Lipinski definition) is 5. The van der Waals surface area contributed by atoms with E-state index >= 15 is 0 Å². The largest absolute Gasteiger partial charge is 0.394 e. The highest BCUT2D eigenvalue weighted by molar-refractivity contribution is 7.80. The van der Waals surface area contributed by atoms with Gasteiger partial charge >= 0.3 is 0 Å². The van der Waals surface area contributed by atoms with Gasteiger partial charge in [0.15, 0.2) is 0 Å². The second-order valence-electron chi connectivity index (χ2n) is 3.76. The predicted molar refractivity (Wildman–Crippen MR) is 65.1 cm³/mol. The molecule has 0 aliphatic carbocycles. The molecule has 0 aliphatic heterocycles. The van der Waals surface area contributed by atoms with Gasteiger partial charge in [-0.15, -0.1) is 12.6 Å². The first kappa shape index (κ1) is 14.0. The Morgan fingerprint density at radius 2 is 1.59 bits per heavy atom. The monoisotopic (exact) mass is 257 g/mol. The van der Waals surface area contributed by atoms with Gasteiger partial charge in [-0.1, -0.05) is 0 Å². The molecule has 1 aromatic rings. The molecule has 4 N–H and O–H groups in total. The highest BCUT2D eigenvalue weighted by Crippen LogP contribution is 2.09. The van der Waals surface area contributed by atoms with Crippen LogP contribution in [0.1, 0.15) is 10.4 Å². The van der Waals surface area contributed by atoms with Crippen molar-refractivity contribution in [1.29, 1.82) is 0 Å². The van der Waals surface area contributed by atoms with E-state index in [9.17, 15) is 4.79 Å². The Morgan fingerprint density at radius 1 is 1.12 bits per heavy atom. The Balaban J connectivity index is 2.81. The fourth-order valence-corrected chi connectivity index (χ4v) is 1.34. The quantitative estimate of drug-likeness (QED) is 0.457. The van der Waals surface area contributed by atoms with Crippen LogP contribution in [0.2, 0.25) is 0 Å². The Bertz CT molecular complexity index is 367. The number of amides is 1. The van der Waals surface area contributed by atoms with Crippen LogP contribution in [0.5, 0.6) is 0 Å². The lowest BCUT2D eigenvalue weighted by atomic mass is 10.0. The van der Waals surface area contributed by atoms with E-state index < -0.39 is 31.3 Å². The summed E-state index contributed by atoms with van der Waals surface area (Å²) in [7, 11) is 0. The minimum Gasteiger partial charge on any atom is -0.394 e. The molecule has 0 aromatic heterocycles. The lowest BCUT2D eigenvalue weighted by Crippen LogP contribution is -2.57. The van der Waals surface area contributed by atoms with E-state index in [2.05, 4.69) is 17.9 Å². The maximum atomic E-state index is 11.8. The van der Waals surface area contributed by atoms with Crippen LogP contribution in [0.25, 0.3) is 0 Å². The van der Waals surface area contributed by atoms with Crippen LogP contribution >= 0.6 is 12.6 Å². The molecule has 17 heavy (non-hydrogen) atoms. The van der Waals surface area contributed by atoms with Gasteiger partial charge in [-0.25, -0.2) is 0 Å². The number of thiol groups is 1. The normalized spacial score (nSPS) is 11.3. The topological polar surface area (TPSA) is 89.8 Å². The van der Waals surface area contributed by atoms with Crippen molar-refractivity contribution in [2.75, 3.05) is 19.8 Å². The number of carbonyl (C=O) groups is 1. The Morgan fingerprint density at radius 3 is 2.00 bits per heavy atom. The van der Waals surface area contributed by atoms with Crippen LogP contribution in [-0.2, 0) is 0 Å². The van der Waals surface area contributed by atoms with Crippen LogP contribution in [0.3, 0.4) is 0 Å². The summed E-state index contributed by atoms with van der Waals surface area (Å²) >= 11 is 4.09. The van der Waals surface area contributed by atoms with Crippen LogP contribution < -0.4 is 5.32 Å². The van der Waals surface area contributed by atoms with Gasteiger partial charge in [0.2, 0.25) is 0 Å². The number of nitrogens with one attached hydrogen (secondary N) is 1. The van der Waals surface area contributed by atoms with Crippen molar-refractivity contribution >= 4 is 18.5 Å². The lowest BCUT2D eigenvalue weighted by Gasteiger charge is -2.28. The Hall–Kier alpha value is -1.08. The molecule has 0 aliphatic rings. The SMILES string of the molecule is O=C(NC(CO)(CO)CO)c1ccc(S)cc1. The molecule has 1 amide bonds.